The van der Waals surface area contributed by atoms with Gasteiger partial charge in [0.25, 0.3) is 0 Å². The van der Waals surface area contributed by atoms with Crippen molar-refractivity contribution in [3.8, 4) is 0 Å². The lowest BCUT2D eigenvalue weighted by Crippen LogP contribution is -2.25. The maximum Gasteiger partial charge on any atom is 0.0945 e. The van der Waals surface area contributed by atoms with E-state index in [2.05, 4.69) is 14.5 Å². The standard InChI is InChI=1S/C13H23N3/c1-2-4-9-15(8-3-1)10-5-6-11-16-12-7-14-13-16/h7,12-13H,1-6,8-11H2. The van der Waals surface area contributed by atoms with Crippen molar-refractivity contribution in [2.75, 3.05) is 19.6 Å². The van der Waals surface area contributed by atoms with E-state index >= 15 is 0 Å². The summed E-state index contributed by atoms with van der Waals surface area (Å²) in [5, 5.41) is 0. The van der Waals surface area contributed by atoms with Crippen LogP contribution in [0, 0.1) is 0 Å². The minimum atomic E-state index is 1.12. The molecule has 0 bridgehead atoms. The average molecular weight is 221 g/mol. The summed E-state index contributed by atoms with van der Waals surface area (Å²) in [6, 6.07) is 0. The van der Waals surface area contributed by atoms with Crippen LogP contribution in [-0.2, 0) is 6.54 Å². The van der Waals surface area contributed by atoms with Crippen LogP contribution < -0.4 is 0 Å². The number of aryl methyl sites for hydroxylation is 1. The molecule has 0 atom stereocenters. The zero-order valence-electron chi connectivity index (χ0n) is 10.1. The molecule has 0 aromatic carbocycles. The molecule has 1 fully saturated rings. The highest BCUT2D eigenvalue weighted by atomic mass is 15.1. The third kappa shape index (κ3) is 3.97. The zero-order chi connectivity index (χ0) is 11.1. The predicted molar refractivity (Wildman–Crippen MR) is 66.4 cm³/mol. The minimum Gasteiger partial charge on any atom is -0.337 e. The van der Waals surface area contributed by atoms with Crippen molar-refractivity contribution >= 4 is 0 Å². The van der Waals surface area contributed by atoms with Gasteiger partial charge < -0.3 is 9.47 Å². The molecule has 0 unspecified atom stereocenters. The third-order valence-corrected chi connectivity index (χ3v) is 3.40. The first kappa shape index (κ1) is 11.6. The quantitative estimate of drug-likeness (QED) is 0.712. The summed E-state index contributed by atoms with van der Waals surface area (Å²) in [4.78, 5) is 6.70. The van der Waals surface area contributed by atoms with E-state index in [1.807, 2.05) is 18.7 Å². The van der Waals surface area contributed by atoms with Crippen molar-refractivity contribution in [3.05, 3.63) is 18.7 Å². The Morgan fingerprint density at radius 3 is 2.38 bits per heavy atom. The molecule has 1 saturated heterocycles. The van der Waals surface area contributed by atoms with E-state index in [0.29, 0.717) is 0 Å². The molecule has 2 heterocycles. The van der Waals surface area contributed by atoms with Crippen molar-refractivity contribution in [3.63, 3.8) is 0 Å². The zero-order valence-corrected chi connectivity index (χ0v) is 10.1. The highest BCUT2D eigenvalue weighted by Gasteiger charge is 2.07. The molecule has 0 amide bonds. The summed E-state index contributed by atoms with van der Waals surface area (Å²) in [5.74, 6) is 0. The normalized spacial score (nSPS) is 18.5. The second-order valence-corrected chi connectivity index (χ2v) is 4.76. The molecule has 1 aliphatic rings. The lowest BCUT2D eigenvalue weighted by atomic mass is 10.2. The van der Waals surface area contributed by atoms with Crippen LogP contribution in [0.1, 0.15) is 38.5 Å². The maximum atomic E-state index is 4.06. The van der Waals surface area contributed by atoms with Crippen molar-refractivity contribution in [2.24, 2.45) is 0 Å². The molecule has 3 heteroatoms. The smallest absolute Gasteiger partial charge is 0.0945 e. The lowest BCUT2D eigenvalue weighted by molar-refractivity contribution is 0.277. The summed E-state index contributed by atoms with van der Waals surface area (Å²) < 4.78 is 2.17. The van der Waals surface area contributed by atoms with Gasteiger partial charge in [-0.2, -0.15) is 0 Å². The summed E-state index contributed by atoms with van der Waals surface area (Å²) in [7, 11) is 0. The van der Waals surface area contributed by atoms with Crippen molar-refractivity contribution in [1.29, 1.82) is 0 Å². The topological polar surface area (TPSA) is 21.1 Å². The largest absolute Gasteiger partial charge is 0.337 e. The molecular formula is C13H23N3. The van der Waals surface area contributed by atoms with E-state index in [9.17, 15) is 0 Å². The summed E-state index contributed by atoms with van der Waals surface area (Å²) in [6.45, 7) is 5.05. The number of imidazole rings is 1. The Hall–Kier alpha value is -0.830. The Balaban J connectivity index is 1.56. The van der Waals surface area contributed by atoms with Crippen LogP contribution in [-0.4, -0.2) is 34.1 Å². The van der Waals surface area contributed by atoms with E-state index in [1.54, 1.807) is 0 Å². The van der Waals surface area contributed by atoms with Crippen LogP contribution in [0.3, 0.4) is 0 Å². The van der Waals surface area contributed by atoms with Gasteiger partial charge in [-0.15, -0.1) is 0 Å². The molecule has 1 aromatic rings. The van der Waals surface area contributed by atoms with Crippen LogP contribution >= 0.6 is 0 Å². The number of likely N-dealkylation sites (tertiary alicyclic amines) is 1. The molecule has 3 nitrogen and oxygen atoms in total. The van der Waals surface area contributed by atoms with Crippen LogP contribution in [0.15, 0.2) is 18.7 Å². The fraction of sp³-hybridized carbons (Fsp3) is 0.769. The molecule has 1 aliphatic heterocycles. The molecule has 2 rings (SSSR count). The van der Waals surface area contributed by atoms with E-state index < -0.39 is 0 Å². The number of unbranched alkanes of at least 4 members (excludes halogenated alkanes) is 1. The van der Waals surface area contributed by atoms with Gasteiger partial charge in [0.1, 0.15) is 0 Å². The fourth-order valence-corrected chi connectivity index (χ4v) is 2.41. The van der Waals surface area contributed by atoms with Crippen LogP contribution in [0.4, 0.5) is 0 Å². The first-order chi connectivity index (χ1) is 7.95. The Kier molecular flexibility index (Phi) is 4.87. The predicted octanol–water partition coefficient (Wildman–Crippen LogP) is 2.54. The summed E-state index contributed by atoms with van der Waals surface area (Å²) >= 11 is 0. The molecule has 0 N–H and O–H groups in total. The Morgan fingerprint density at radius 2 is 1.69 bits per heavy atom. The van der Waals surface area contributed by atoms with E-state index in [-0.39, 0.29) is 0 Å². The SMILES string of the molecule is c1cn(CCCCN2CCCCCC2)cn1. The van der Waals surface area contributed by atoms with E-state index in [4.69, 9.17) is 0 Å². The Morgan fingerprint density at radius 1 is 0.938 bits per heavy atom. The minimum absolute atomic E-state index is 1.12. The lowest BCUT2D eigenvalue weighted by Gasteiger charge is -2.19. The van der Waals surface area contributed by atoms with Crippen molar-refractivity contribution in [1.82, 2.24) is 14.5 Å². The van der Waals surface area contributed by atoms with Gasteiger partial charge in [-0.05, 0) is 45.3 Å². The van der Waals surface area contributed by atoms with Gasteiger partial charge in [-0.25, -0.2) is 4.98 Å². The number of nitrogens with zero attached hydrogens (tertiary/aromatic N) is 3. The summed E-state index contributed by atoms with van der Waals surface area (Å²) in [6.07, 6.45) is 14.1. The molecule has 16 heavy (non-hydrogen) atoms. The van der Waals surface area contributed by atoms with Crippen molar-refractivity contribution in [2.45, 2.75) is 45.1 Å². The van der Waals surface area contributed by atoms with Crippen LogP contribution in [0.5, 0.6) is 0 Å². The molecule has 0 aliphatic carbocycles. The van der Waals surface area contributed by atoms with Crippen LogP contribution in [0.25, 0.3) is 0 Å². The molecule has 0 saturated carbocycles. The van der Waals surface area contributed by atoms with E-state index in [1.165, 1.54) is 58.2 Å². The van der Waals surface area contributed by atoms with Gasteiger partial charge >= 0.3 is 0 Å². The Labute approximate surface area is 98.5 Å². The average Bonchev–Trinajstić information content (AvgIpc) is 2.68. The molecule has 90 valence electrons. The van der Waals surface area contributed by atoms with Gasteiger partial charge in [0.2, 0.25) is 0 Å². The first-order valence-corrected chi connectivity index (χ1v) is 6.63. The maximum absolute atomic E-state index is 4.06. The second-order valence-electron chi connectivity index (χ2n) is 4.76. The second kappa shape index (κ2) is 6.69. The van der Waals surface area contributed by atoms with Gasteiger partial charge in [0, 0.05) is 18.9 Å². The molecule has 0 radical (unpaired) electrons. The highest BCUT2D eigenvalue weighted by molar-refractivity contribution is 4.73. The Bertz CT molecular complexity index is 261. The number of hydrogen-bond acceptors (Lipinski definition) is 2. The van der Waals surface area contributed by atoms with Gasteiger partial charge in [0.05, 0.1) is 6.33 Å². The van der Waals surface area contributed by atoms with E-state index in [0.717, 1.165) is 6.54 Å². The van der Waals surface area contributed by atoms with Crippen molar-refractivity contribution < 1.29 is 0 Å². The molecule has 1 aromatic heterocycles. The number of rotatable bonds is 5. The summed E-state index contributed by atoms with van der Waals surface area (Å²) in [5.41, 5.74) is 0. The van der Waals surface area contributed by atoms with Gasteiger partial charge in [-0.3, -0.25) is 0 Å². The first-order valence-electron chi connectivity index (χ1n) is 6.63. The van der Waals surface area contributed by atoms with Gasteiger partial charge in [-0.1, -0.05) is 12.8 Å². The fourth-order valence-electron chi connectivity index (χ4n) is 2.41. The monoisotopic (exact) mass is 221 g/mol. The number of aromatic nitrogens is 2. The third-order valence-electron chi connectivity index (χ3n) is 3.40. The molecular weight excluding hydrogens is 198 g/mol. The van der Waals surface area contributed by atoms with Crippen LogP contribution in [0.2, 0.25) is 0 Å². The van der Waals surface area contributed by atoms with Gasteiger partial charge in [0.15, 0.2) is 0 Å². The molecule has 0 spiro atoms. The number of hydrogen-bond donors (Lipinski definition) is 0. The highest BCUT2D eigenvalue weighted by Crippen LogP contribution is 2.10.